The average molecular weight is 374 g/mol. The zero-order chi connectivity index (χ0) is 19.6. The molecule has 1 aliphatic heterocycles. The standard InChI is InChI=1S/C21H30N2O4/c1-21(2,3)27-20(25)22-12-11-16(14-22)19(24)23(13-15-5-6-15)17-7-9-18(26-4)10-8-17/h7-10,15-16H,5-6,11-14H2,1-4H3. The van der Waals surface area contributed by atoms with Crippen LogP contribution in [0.15, 0.2) is 24.3 Å². The van der Waals surface area contributed by atoms with Crippen LogP contribution in [0.25, 0.3) is 0 Å². The lowest BCUT2D eigenvalue weighted by molar-refractivity contribution is -0.122. The molecule has 1 aromatic carbocycles. The van der Waals surface area contributed by atoms with Gasteiger partial charge in [-0.2, -0.15) is 0 Å². The van der Waals surface area contributed by atoms with Crippen LogP contribution in [-0.2, 0) is 9.53 Å². The van der Waals surface area contributed by atoms with E-state index in [1.807, 2.05) is 49.9 Å². The molecule has 6 nitrogen and oxygen atoms in total. The van der Waals surface area contributed by atoms with Crippen LogP contribution in [0.1, 0.15) is 40.0 Å². The van der Waals surface area contributed by atoms with Crippen molar-refractivity contribution in [2.24, 2.45) is 11.8 Å². The predicted octanol–water partition coefficient (Wildman–Crippen LogP) is 3.70. The molecule has 0 bridgehead atoms. The minimum atomic E-state index is -0.527. The van der Waals surface area contributed by atoms with Crippen molar-refractivity contribution in [3.8, 4) is 5.75 Å². The maximum absolute atomic E-state index is 13.2. The molecule has 3 rings (SSSR count). The number of benzene rings is 1. The van der Waals surface area contributed by atoms with Crippen LogP contribution in [-0.4, -0.2) is 49.2 Å². The summed E-state index contributed by atoms with van der Waals surface area (Å²) in [6, 6.07) is 7.62. The Morgan fingerprint density at radius 2 is 1.81 bits per heavy atom. The highest BCUT2D eigenvalue weighted by molar-refractivity contribution is 5.95. The maximum Gasteiger partial charge on any atom is 0.410 e. The molecule has 1 heterocycles. The van der Waals surface area contributed by atoms with E-state index >= 15 is 0 Å². The van der Waals surface area contributed by atoms with Crippen LogP contribution < -0.4 is 9.64 Å². The molecule has 1 unspecified atom stereocenters. The van der Waals surface area contributed by atoms with Gasteiger partial charge >= 0.3 is 6.09 Å². The van der Waals surface area contributed by atoms with Crippen molar-refractivity contribution in [2.75, 3.05) is 31.6 Å². The van der Waals surface area contributed by atoms with Crippen molar-refractivity contribution in [1.29, 1.82) is 0 Å². The van der Waals surface area contributed by atoms with Crippen molar-refractivity contribution >= 4 is 17.7 Å². The molecule has 0 N–H and O–H groups in total. The number of likely N-dealkylation sites (tertiary alicyclic amines) is 1. The first-order chi connectivity index (χ1) is 12.8. The number of ether oxygens (including phenoxy) is 2. The highest BCUT2D eigenvalue weighted by Crippen LogP contribution is 2.33. The predicted molar refractivity (Wildman–Crippen MR) is 104 cm³/mol. The van der Waals surface area contributed by atoms with Crippen LogP contribution in [0.2, 0.25) is 0 Å². The van der Waals surface area contributed by atoms with Crippen LogP contribution >= 0.6 is 0 Å². The van der Waals surface area contributed by atoms with Crippen molar-refractivity contribution < 1.29 is 19.1 Å². The molecule has 0 spiro atoms. The second-order valence-corrected chi connectivity index (χ2v) is 8.50. The number of methoxy groups -OCH3 is 1. The highest BCUT2D eigenvalue weighted by Gasteiger charge is 2.37. The topological polar surface area (TPSA) is 59.1 Å². The van der Waals surface area contributed by atoms with E-state index in [9.17, 15) is 9.59 Å². The summed E-state index contributed by atoms with van der Waals surface area (Å²) in [4.78, 5) is 29.1. The first kappa shape index (κ1) is 19.5. The Kier molecular flexibility index (Phi) is 5.63. The fourth-order valence-corrected chi connectivity index (χ4v) is 3.32. The molecule has 148 valence electrons. The van der Waals surface area contributed by atoms with Gasteiger partial charge in [0.2, 0.25) is 5.91 Å². The van der Waals surface area contributed by atoms with Gasteiger partial charge in [0.25, 0.3) is 0 Å². The van der Waals surface area contributed by atoms with E-state index in [-0.39, 0.29) is 17.9 Å². The molecule has 27 heavy (non-hydrogen) atoms. The normalized spacial score (nSPS) is 19.7. The molecule has 2 amide bonds. The Bertz CT molecular complexity index is 676. The third kappa shape index (κ3) is 5.15. The third-order valence-corrected chi connectivity index (χ3v) is 4.98. The fourth-order valence-electron chi connectivity index (χ4n) is 3.32. The summed E-state index contributed by atoms with van der Waals surface area (Å²) in [7, 11) is 1.63. The summed E-state index contributed by atoms with van der Waals surface area (Å²) in [5, 5.41) is 0. The summed E-state index contributed by atoms with van der Waals surface area (Å²) in [6.45, 7) is 7.28. The van der Waals surface area contributed by atoms with Crippen molar-refractivity contribution in [1.82, 2.24) is 4.90 Å². The molecule has 6 heteroatoms. The Morgan fingerprint density at radius 1 is 1.15 bits per heavy atom. The Morgan fingerprint density at radius 3 is 2.37 bits per heavy atom. The van der Waals surface area contributed by atoms with Crippen molar-refractivity contribution in [3.05, 3.63) is 24.3 Å². The van der Waals surface area contributed by atoms with E-state index in [4.69, 9.17) is 9.47 Å². The molecular weight excluding hydrogens is 344 g/mol. The Labute approximate surface area is 161 Å². The quantitative estimate of drug-likeness (QED) is 0.789. The van der Waals surface area contributed by atoms with Crippen molar-refractivity contribution in [3.63, 3.8) is 0 Å². The monoisotopic (exact) mass is 374 g/mol. The molecule has 1 atom stereocenters. The largest absolute Gasteiger partial charge is 0.497 e. The van der Waals surface area contributed by atoms with Crippen LogP contribution in [0.3, 0.4) is 0 Å². The first-order valence-corrected chi connectivity index (χ1v) is 9.70. The molecule has 1 saturated carbocycles. The van der Waals surface area contributed by atoms with Gasteiger partial charge in [0.05, 0.1) is 13.0 Å². The minimum absolute atomic E-state index is 0.0955. The van der Waals surface area contributed by atoms with Gasteiger partial charge in [-0.05, 0) is 70.2 Å². The van der Waals surface area contributed by atoms with E-state index in [1.54, 1.807) is 12.0 Å². The SMILES string of the molecule is COc1ccc(N(CC2CC2)C(=O)C2CCN(C(=O)OC(C)(C)C)C2)cc1. The van der Waals surface area contributed by atoms with Crippen LogP contribution in [0.4, 0.5) is 10.5 Å². The maximum atomic E-state index is 13.2. The molecule has 1 aromatic rings. The fraction of sp³-hybridized carbons (Fsp3) is 0.619. The van der Waals surface area contributed by atoms with Crippen molar-refractivity contribution in [2.45, 2.75) is 45.6 Å². The van der Waals surface area contributed by atoms with E-state index in [2.05, 4.69) is 0 Å². The molecule has 0 aromatic heterocycles. The van der Waals surface area contributed by atoms with Gasteiger partial charge in [0.1, 0.15) is 11.4 Å². The molecule has 0 radical (unpaired) electrons. The Balaban J connectivity index is 1.68. The molecular formula is C21H30N2O4. The highest BCUT2D eigenvalue weighted by atomic mass is 16.6. The van der Waals surface area contributed by atoms with Crippen LogP contribution in [0, 0.1) is 11.8 Å². The Hall–Kier alpha value is -2.24. The molecule has 2 aliphatic rings. The lowest BCUT2D eigenvalue weighted by Crippen LogP contribution is -2.40. The molecule has 2 fully saturated rings. The summed E-state index contributed by atoms with van der Waals surface area (Å²) < 4.78 is 10.7. The summed E-state index contributed by atoms with van der Waals surface area (Å²) in [5.41, 5.74) is 0.365. The lowest BCUT2D eigenvalue weighted by atomic mass is 10.1. The summed E-state index contributed by atoms with van der Waals surface area (Å²) in [5.74, 6) is 1.27. The van der Waals surface area contributed by atoms with Gasteiger partial charge in [0.15, 0.2) is 0 Å². The van der Waals surface area contributed by atoms with Gasteiger partial charge in [-0.1, -0.05) is 0 Å². The summed E-state index contributed by atoms with van der Waals surface area (Å²) >= 11 is 0. The molecule has 1 saturated heterocycles. The smallest absolute Gasteiger partial charge is 0.410 e. The number of hydrogen-bond acceptors (Lipinski definition) is 4. The lowest BCUT2D eigenvalue weighted by Gasteiger charge is -2.27. The summed E-state index contributed by atoms with van der Waals surface area (Å²) in [6.07, 6.45) is 2.69. The molecule has 1 aliphatic carbocycles. The average Bonchev–Trinajstić information content (AvgIpc) is 3.30. The van der Waals surface area contributed by atoms with Gasteiger partial charge < -0.3 is 19.3 Å². The van der Waals surface area contributed by atoms with E-state index < -0.39 is 5.60 Å². The number of nitrogens with zero attached hydrogens (tertiary/aromatic N) is 2. The van der Waals surface area contributed by atoms with Gasteiger partial charge in [-0.15, -0.1) is 0 Å². The van der Waals surface area contributed by atoms with E-state index in [0.29, 0.717) is 25.4 Å². The third-order valence-electron chi connectivity index (χ3n) is 4.98. The zero-order valence-corrected chi connectivity index (χ0v) is 16.7. The van der Waals surface area contributed by atoms with Gasteiger partial charge in [-0.25, -0.2) is 4.79 Å². The van der Waals surface area contributed by atoms with Gasteiger partial charge in [0, 0.05) is 25.3 Å². The number of carbonyl (C=O) groups excluding carboxylic acids is 2. The second kappa shape index (κ2) is 7.79. The minimum Gasteiger partial charge on any atom is -0.497 e. The van der Waals surface area contributed by atoms with Gasteiger partial charge in [-0.3, -0.25) is 4.79 Å². The number of carbonyl (C=O) groups is 2. The number of hydrogen-bond donors (Lipinski definition) is 0. The number of anilines is 1. The number of amides is 2. The first-order valence-electron chi connectivity index (χ1n) is 9.70. The zero-order valence-electron chi connectivity index (χ0n) is 16.7. The van der Waals surface area contributed by atoms with E-state index in [0.717, 1.165) is 18.0 Å². The van der Waals surface area contributed by atoms with E-state index in [1.165, 1.54) is 12.8 Å². The number of rotatable bonds is 5. The second-order valence-electron chi connectivity index (χ2n) is 8.50. The van der Waals surface area contributed by atoms with Crippen LogP contribution in [0.5, 0.6) is 5.75 Å².